The van der Waals surface area contributed by atoms with E-state index in [0.717, 1.165) is 60.4 Å². The summed E-state index contributed by atoms with van der Waals surface area (Å²) in [4.78, 5) is 73.3. The van der Waals surface area contributed by atoms with Crippen molar-refractivity contribution in [3.05, 3.63) is 125 Å². The van der Waals surface area contributed by atoms with Gasteiger partial charge in [-0.3, -0.25) is 9.59 Å². The number of hydrogen-bond acceptors (Lipinski definition) is 11. The Bertz CT molecular complexity index is 2700. The molecule has 0 atom stereocenters. The maximum absolute atomic E-state index is 16.3. The minimum atomic E-state index is -1.22. The van der Waals surface area contributed by atoms with Crippen molar-refractivity contribution in [3.63, 3.8) is 0 Å². The topological polar surface area (TPSA) is 149 Å². The van der Waals surface area contributed by atoms with Crippen LogP contribution in [0, 0.1) is 23.0 Å². The molecule has 11 nitrogen and oxygen atoms in total. The molecule has 0 spiro atoms. The highest BCUT2D eigenvalue weighted by Gasteiger charge is 2.35. The molecule has 414 valence electrons. The van der Waals surface area contributed by atoms with E-state index in [1.165, 1.54) is 56.2 Å². The van der Waals surface area contributed by atoms with Gasteiger partial charge >= 0.3 is 23.9 Å². The highest BCUT2D eigenvalue weighted by Crippen LogP contribution is 2.41. The fraction of sp³-hybridized carbons (Fsp3) is 0.469. The Kier molecular flexibility index (Phi) is 23.5. The van der Waals surface area contributed by atoms with Gasteiger partial charge in [-0.15, -0.1) is 0 Å². The standard InChI is InChI=1S/C64H78F2O11/c1-10-13-14-18-45-21-23-47(24-22-45)48-25-27-49(28-26-48)53-36-56(65)58(57(66)37-53)50-29-30-55(46(11-2)33-50)54-34-51(19-15-16-31-73-60(69)41(4)5)59(52(35-54)20-17-32-74-61(70)42(6)7)75-38-64(12-3,39-76-62(71)43(8)67)40-77-63(72)44(9)68/h25-30,33-37,45,47H,4,6,10-24,31-32,38-40H2,1-3,5,7-9H3. The molecule has 1 fully saturated rings. The third kappa shape index (κ3) is 17.6. The second-order valence-corrected chi connectivity index (χ2v) is 20.8. The van der Waals surface area contributed by atoms with E-state index in [-0.39, 0.29) is 56.2 Å². The predicted octanol–water partition coefficient (Wildman–Crippen LogP) is 13.9. The first kappa shape index (κ1) is 61.1. The molecule has 0 heterocycles. The van der Waals surface area contributed by atoms with Gasteiger partial charge in [0.25, 0.3) is 0 Å². The van der Waals surface area contributed by atoms with Gasteiger partial charge in [-0.1, -0.05) is 102 Å². The van der Waals surface area contributed by atoms with Gasteiger partial charge in [0.15, 0.2) is 0 Å². The van der Waals surface area contributed by atoms with E-state index in [4.69, 9.17) is 23.7 Å². The Morgan fingerprint density at radius 2 is 1.09 bits per heavy atom. The third-order valence-corrected chi connectivity index (χ3v) is 14.6. The Morgan fingerprint density at radius 1 is 0.558 bits per heavy atom. The number of aryl methyl sites for hydroxylation is 3. The summed E-state index contributed by atoms with van der Waals surface area (Å²) in [7, 11) is 0. The molecule has 0 bridgehead atoms. The Balaban J connectivity index is 1.51. The molecule has 77 heavy (non-hydrogen) atoms. The van der Waals surface area contributed by atoms with Crippen molar-refractivity contribution in [3.8, 4) is 39.1 Å². The van der Waals surface area contributed by atoms with E-state index in [1.807, 2.05) is 37.3 Å². The molecule has 0 N–H and O–H groups in total. The first-order chi connectivity index (χ1) is 36.8. The summed E-state index contributed by atoms with van der Waals surface area (Å²) in [5.74, 6) is -4.50. The number of unbranched alkanes of at least 4 members (excludes halogenated alkanes) is 3. The zero-order valence-electron chi connectivity index (χ0n) is 46.3. The second-order valence-electron chi connectivity index (χ2n) is 20.8. The molecule has 1 aliphatic carbocycles. The van der Waals surface area contributed by atoms with E-state index in [9.17, 15) is 28.8 Å². The third-order valence-electron chi connectivity index (χ3n) is 14.6. The lowest BCUT2D eigenvalue weighted by Crippen LogP contribution is -2.40. The largest absolute Gasteiger partial charge is 0.492 e. The van der Waals surface area contributed by atoms with Crippen molar-refractivity contribution in [1.29, 1.82) is 0 Å². The van der Waals surface area contributed by atoms with Gasteiger partial charge in [0.1, 0.15) is 37.2 Å². The van der Waals surface area contributed by atoms with Crippen LogP contribution in [0.1, 0.15) is 154 Å². The molecule has 0 aliphatic heterocycles. The van der Waals surface area contributed by atoms with Crippen molar-refractivity contribution >= 4 is 35.4 Å². The summed E-state index contributed by atoms with van der Waals surface area (Å²) in [6, 6.07) is 20.2. The van der Waals surface area contributed by atoms with Crippen molar-refractivity contribution in [2.45, 2.75) is 151 Å². The van der Waals surface area contributed by atoms with E-state index in [0.29, 0.717) is 66.9 Å². The van der Waals surface area contributed by atoms with Crippen LogP contribution in [0.2, 0.25) is 0 Å². The van der Waals surface area contributed by atoms with Crippen LogP contribution in [0.15, 0.2) is 91.0 Å². The smallest absolute Gasteiger partial charge is 0.374 e. The molecule has 4 aromatic carbocycles. The molecule has 0 aromatic heterocycles. The maximum atomic E-state index is 16.3. The number of ether oxygens (including phenoxy) is 5. The van der Waals surface area contributed by atoms with Crippen molar-refractivity contribution in [1.82, 2.24) is 0 Å². The summed E-state index contributed by atoms with van der Waals surface area (Å²) in [6.45, 7) is 17.8. The lowest BCUT2D eigenvalue weighted by Gasteiger charge is -2.32. The fourth-order valence-corrected chi connectivity index (χ4v) is 9.77. The van der Waals surface area contributed by atoms with E-state index in [2.05, 4.69) is 32.2 Å². The molecule has 1 aliphatic rings. The van der Waals surface area contributed by atoms with Crippen LogP contribution in [-0.4, -0.2) is 68.5 Å². The Morgan fingerprint density at radius 3 is 1.61 bits per heavy atom. The van der Waals surface area contributed by atoms with Crippen molar-refractivity contribution < 1.29 is 61.2 Å². The Hall–Kier alpha value is -6.76. The number of esters is 4. The summed E-state index contributed by atoms with van der Waals surface area (Å²) < 4.78 is 61.0. The van der Waals surface area contributed by atoms with Crippen molar-refractivity contribution in [2.75, 3.05) is 33.0 Å². The van der Waals surface area contributed by atoms with Crippen LogP contribution in [0.3, 0.4) is 0 Å². The summed E-state index contributed by atoms with van der Waals surface area (Å²) in [6.07, 6.45) is 12.8. The molecule has 0 saturated heterocycles. The number of halogens is 2. The lowest BCUT2D eigenvalue weighted by molar-refractivity contribution is -0.163. The molecule has 0 radical (unpaired) electrons. The van der Waals surface area contributed by atoms with Gasteiger partial charge < -0.3 is 23.7 Å². The van der Waals surface area contributed by atoms with Crippen LogP contribution >= 0.6 is 0 Å². The number of carbonyl (C=O) groups is 6. The predicted molar refractivity (Wildman–Crippen MR) is 295 cm³/mol. The number of benzene rings is 4. The van der Waals surface area contributed by atoms with E-state index < -0.39 is 52.5 Å². The number of carbonyl (C=O) groups excluding carboxylic acids is 6. The molecule has 1 saturated carbocycles. The molecule has 0 unspecified atom stereocenters. The average molecular weight is 1060 g/mol. The normalized spacial score (nSPS) is 14.3. The van der Waals surface area contributed by atoms with Crippen molar-refractivity contribution in [2.24, 2.45) is 11.3 Å². The molecule has 4 aromatic rings. The zero-order valence-corrected chi connectivity index (χ0v) is 46.3. The van der Waals surface area contributed by atoms with Gasteiger partial charge in [0.2, 0.25) is 11.6 Å². The molecule has 0 amide bonds. The van der Waals surface area contributed by atoms with Gasteiger partial charge in [0.05, 0.1) is 24.2 Å². The molecule has 5 rings (SSSR count). The zero-order chi connectivity index (χ0) is 56.2. The summed E-state index contributed by atoms with van der Waals surface area (Å²) >= 11 is 0. The number of ketones is 2. The van der Waals surface area contributed by atoms with Crippen LogP contribution in [0.25, 0.3) is 33.4 Å². The molecular weight excluding hydrogens is 983 g/mol. The fourth-order valence-electron chi connectivity index (χ4n) is 9.77. The summed E-state index contributed by atoms with van der Waals surface area (Å²) in [5.41, 5.74) is 5.82. The van der Waals surface area contributed by atoms with Crippen LogP contribution in [0.5, 0.6) is 5.75 Å². The highest BCUT2D eigenvalue weighted by molar-refractivity contribution is 6.32. The van der Waals surface area contributed by atoms with Gasteiger partial charge in [-0.25, -0.2) is 28.0 Å². The SMILES string of the molecule is C=C(C)C(=O)OCCCCc1cc(-c2ccc(-c3c(F)cc(-c4ccc(C5CCC(CCCCC)CC5)cc4)cc3F)cc2CC)cc(CCCOC(=O)C(=C)C)c1OCC(CC)(COC(=O)C(C)=O)COC(=O)C(C)=O. The highest BCUT2D eigenvalue weighted by atomic mass is 19.1. The number of rotatable bonds is 30. The van der Waals surface area contributed by atoms with E-state index >= 15 is 8.78 Å². The average Bonchev–Trinajstić information content (AvgIpc) is 3.42. The quantitative estimate of drug-likeness (QED) is 0.0161. The molecule has 13 heteroatoms. The van der Waals surface area contributed by atoms with Gasteiger partial charge in [0, 0.05) is 25.0 Å². The molecular formula is C64H78F2O11. The van der Waals surface area contributed by atoms with Crippen LogP contribution in [0.4, 0.5) is 8.78 Å². The summed E-state index contributed by atoms with van der Waals surface area (Å²) in [5, 5.41) is 0. The maximum Gasteiger partial charge on any atom is 0.374 e. The first-order valence-corrected chi connectivity index (χ1v) is 27.3. The minimum Gasteiger partial charge on any atom is -0.492 e. The monoisotopic (exact) mass is 1060 g/mol. The first-order valence-electron chi connectivity index (χ1n) is 27.3. The lowest BCUT2D eigenvalue weighted by atomic mass is 9.77. The van der Waals surface area contributed by atoms with Crippen LogP contribution in [-0.2, 0) is 67.0 Å². The Labute approximate surface area is 454 Å². The number of Topliss-reactive ketones (excluding diaryl/α,β-unsaturated/α-hetero) is 2. The van der Waals surface area contributed by atoms with Gasteiger partial charge in [-0.2, -0.15) is 0 Å². The van der Waals surface area contributed by atoms with Gasteiger partial charge in [-0.05, 0) is 171 Å². The second kappa shape index (κ2) is 29.7. The number of hydrogen-bond donors (Lipinski definition) is 0. The van der Waals surface area contributed by atoms with E-state index in [1.54, 1.807) is 32.9 Å². The van der Waals surface area contributed by atoms with Crippen LogP contribution < -0.4 is 4.74 Å². The minimum absolute atomic E-state index is 0.0515.